The van der Waals surface area contributed by atoms with Crippen molar-refractivity contribution in [2.24, 2.45) is 5.92 Å². The van der Waals surface area contributed by atoms with Crippen molar-refractivity contribution in [1.82, 2.24) is 4.90 Å². The zero-order chi connectivity index (χ0) is 12.0. The van der Waals surface area contributed by atoms with Gasteiger partial charge in [-0.15, -0.1) is 0 Å². The summed E-state index contributed by atoms with van der Waals surface area (Å²) in [7, 11) is 0. The summed E-state index contributed by atoms with van der Waals surface area (Å²) in [6, 6.07) is 0. The molecule has 1 amide bonds. The molecule has 1 saturated heterocycles. The summed E-state index contributed by atoms with van der Waals surface area (Å²) in [6.07, 6.45) is 5.27. The van der Waals surface area contributed by atoms with E-state index in [1.807, 2.05) is 0 Å². The summed E-state index contributed by atoms with van der Waals surface area (Å²) >= 11 is 0. The second kappa shape index (κ2) is 6.51. The Bertz CT molecular complexity index is 247. The normalized spacial score (nSPS) is 15.9. The van der Waals surface area contributed by atoms with Gasteiger partial charge in [0.1, 0.15) is 0 Å². The number of nitrogens with zero attached hydrogens (tertiary/aromatic N) is 1. The van der Waals surface area contributed by atoms with Gasteiger partial charge < -0.3 is 10.0 Å². The molecule has 1 aliphatic rings. The van der Waals surface area contributed by atoms with Gasteiger partial charge in [-0.3, -0.25) is 9.59 Å². The molecule has 1 heterocycles. The molecule has 4 nitrogen and oxygen atoms in total. The maximum atomic E-state index is 11.6. The molecule has 0 aliphatic carbocycles. The number of hydrogen-bond acceptors (Lipinski definition) is 2. The first-order valence-corrected chi connectivity index (χ1v) is 6.13. The van der Waals surface area contributed by atoms with Crippen LogP contribution in [0.5, 0.6) is 0 Å². The standard InChI is InChI=1S/C12H21NO3/c1-2-3-4-5-6-11(14)13-8-10(9-13)7-12(15)16/h10H,2-9H2,1H3,(H,15,16). The quantitative estimate of drug-likeness (QED) is 0.676. The molecule has 1 fully saturated rings. The lowest BCUT2D eigenvalue weighted by Crippen LogP contribution is -2.50. The molecule has 16 heavy (non-hydrogen) atoms. The molecule has 0 unspecified atom stereocenters. The molecular weight excluding hydrogens is 206 g/mol. The monoisotopic (exact) mass is 227 g/mol. The molecule has 92 valence electrons. The lowest BCUT2D eigenvalue weighted by atomic mass is 9.96. The van der Waals surface area contributed by atoms with E-state index in [-0.39, 0.29) is 18.2 Å². The molecule has 4 heteroatoms. The van der Waals surface area contributed by atoms with Crippen molar-refractivity contribution in [1.29, 1.82) is 0 Å². The van der Waals surface area contributed by atoms with Crippen LogP contribution in [0, 0.1) is 5.92 Å². The zero-order valence-electron chi connectivity index (χ0n) is 9.95. The van der Waals surface area contributed by atoms with Gasteiger partial charge in [-0.05, 0) is 6.42 Å². The third-order valence-corrected chi connectivity index (χ3v) is 3.02. The Hall–Kier alpha value is -1.06. The van der Waals surface area contributed by atoms with Crippen molar-refractivity contribution in [3.8, 4) is 0 Å². The summed E-state index contributed by atoms with van der Waals surface area (Å²) in [5.41, 5.74) is 0. The van der Waals surface area contributed by atoms with Crippen LogP contribution in [-0.2, 0) is 9.59 Å². The van der Waals surface area contributed by atoms with E-state index in [1.165, 1.54) is 12.8 Å². The number of carboxylic acid groups (broad SMARTS) is 1. The van der Waals surface area contributed by atoms with Crippen molar-refractivity contribution in [3.05, 3.63) is 0 Å². The fourth-order valence-electron chi connectivity index (χ4n) is 2.01. The minimum Gasteiger partial charge on any atom is -0.481 e. The van der Waals surface area contributed by atoms with E-state index in [2.05, 4.69) is 6.92 Å². The van der Waals surface area contributed by atoms with Gasteiger partial charge in [0.15, 0.2) is 0 Å². The summed E-state index contributed by atoms with van der Waals surface area (Å²) in [5.74, 6) is -0.394. The van der Waals surface area contributed by atoms with Gasteiger partial charge in [-0.2, -0.15) is 0 Å². The summed E-state index contributed by atoms with van der Waals surface area (Å²) < 4.78 is 0. The van der Waals surface area contributed by atoms with Crippen molar-refractivity contribution in [3.63, 3.8) is 0 Å². The van der Waals surface area contributed by atoms with Crippen LogP contribution in [0.1, 0.15) is 45.4 Å². The Labute approximate surface area is 96.6 Å². The Kier molecular flexibility index (Phi) is 5.29. The van der Waals surface area contributed by atoms with Gasteiger partial charge in [0.25, 0.3) is 0 Å². The maximum absolute atomic E-state index is 11.6. The molecule has 0 aromatic rings. The third-order valence-electron chi connectivity index (χ3n) is 3.02. The second-order valence-electron chi connectivity index (χ2n) is 4.57. The number of aliphatic carboxylic acids is 1. The Morgan fingerprint density at radius 2 is 1.94 bits per heavy atom. The number of carboxylic acids is 1. The van der Waals surface area contributed by atoms with E-state index in [0.717, 1.165) is 12.8 Å². The predicted octanol–water partition coefficient (Wildman–Crippen LogP) is 1.89. The summed E-state index contributed by atoms with van der Waals surface area (Å²) in [6.45, 7) is 3.42. The van der Waals surface area contributed by atoms with E-state index in [1.54, 1.807) is 4.90 Å². The average Bonchev–Trinajstić information content (AvgIpc) is 2.17. The molecule has 0 atom stereocenters. The molecule has 1 N–H and O–H groups in total. The van der Waals surface area contributed by atoms with Crippen LogP contribution in [0.15, 0.2) is 0 Å². The molecule has 0 aromatic carbocycles. The van der Waals surface area contributed by atoms with Gasteiger partial charge in [-0.25, -0.2) is 0 Å². The van der Waals surface area contributed by atoms with Crippen LogP contribution >= 0.6 is 0 Å². The topological polar surface area (TPSA) is 57.6 Å². The number of unbranched alkanes of at least 4 members (excludes halogenated alkanes) is 3. The molecule has 0 saturated carbocycles. The fourth-order valence-corrected chi connectivity index (χ4v) is 2.01. The van der Waals surface area contributed by atoms with Gasteiger partial charge >= 0.3 is 5.97 Å². The number of carbonyl (C=O) groups is 2. The molecule has 1 rings (SSSR count). The molecular formula is C12H21NO3. The van der Waals surface area contributed by atoms with Crippen LogP contribution in [-0.4, -0.2) is 35.0 Å². The maximum Gasteiger partial charge on any atom is 0.303 e. The van der Waals surface area contributed by atoms with Gasteiger partial charge in [0.2, 0.25) is 5.91 Å². The zero-order valence-corrected chi connectivity index (χ0v) is 9.95. The highest BCUT2D eigenvalue weighted by molar-refractivity contribution is 5.77. The van der Waals surface area contributed by atoms with E-state index in [4.69, 9.17) is 5.11 Å². The minimum absolute atomic E-state index is 0.178. The van der Waals surface area contributed by atoms with Crippen molar-refractivity contribution >= 4 is 11.9 Å². The number of likely N-dealkylation sites (tertiary alicyclic amines) is 1. The third kappa shape index (κ3) is 4.21. The predicted molar refractivity (Wildman–Crippen MR) is 61.1 cm³/mol. The Balaban J connectivity index is 2.05. The van der Waals surface area contributed by atoms with E-state index in [9.17, 15) is 9.59 Å². The highest BCUT2D eigenvalue weighted by atomic mass is 16.4. The first kappa shape index (κ1) is 13.0. The van der Waals surface area contributed by atoms with Gasteiger partial charge in [0, 0.05) is 25.4 Å². The second-order valence-corrected chi connectivity index (χ2v) is 4.57. The first-order chi connectivity index (χ1) is 7.63. The lowest BCUT2D eigenvalue weighted by molar-refractivity contribution is -0.145. The van der Waals surface area contributed by atoms with Crippen LogP contribution in [0.4, 0.5) is 0 Å². The largest absolute Gasteiger partial charge is 0.481 e. The van der Waals surface area contributed by atoms with Crippen LogP contribution in [0.25, 0.3) is 0 Å². The highest BCUT2D eigenvalue weighted by Gasteiger charge is 2.31. The summed E-state index contributed by atoms with van der Waals surface area (Å²) in [4.78, 5) is 23.8. The van der Waals surface area contributed by atoms with E-state index in [0.29, 0.717) is 19.5 Å². The van der Waals surface area contributed by atoms with E-state index < -0.39 is 5.97 Å². The molecule has 1 aliphatic heterocycles. The number of hydrogen-bond donors (Lipinski definition) is 1. The van der Waals surface area contributed by atoms with E-state index >= 15 is 0 Å². The number of carbonyl (C=O) groups excluding carboxylic acids is 1. The average molecular weight is 227 g/mol. The van der Waals surface area contributed by atoms with Crippen molar-refractivity contribution in [2.75, 3.05) is 13.1 Å². The number of amides is 1. The highest BCUT2D eigenvalue weighted by Crippen LogP contribution is 2.20. The molecule has 0 spiro atoms. The van der Waals surface area contributed by atoms with Crippen molar-refractivity contribution in [2.45, 2.75) is 45.4 Å². The SMILES string of the molecule is CCCCCCC(=O)N1CC(CC(=O)O)C1. The summed E-state index contributed by atoms with van der Waals surface area (Å²) in [5, 5.41) is 8.57. The lowest BCUT2D eigenvalue weighted by Gasteiger charge is -2.38. The van der Waals surface area contributed by atoms with Gasteiger partial charge in [0.05, 0.1) is 6.42 Å². The van der Waals surface area contributed by atoms with Crippen LogP contribution < -0.4 is 0 Å². The minimum atomic E-state index is -0.764. The van der Waals surface area contributed by atoms with Crippen molar-refractivity contribution < 1.29 is 14.7 Å². The Morgan fingerprint density at radius 3 is 2.50 bits per heavy atom. The van der Waals surface area contributed by atoms with Gasteiger partial charge in [-0.1, -0.05) is 26.2 Å². The van der Waals surface area contributed by atoms with Crippen LogP contribution in [0.3, 0.4) is 0 Å². The molecule has 0 radical (unpaired) electrons. The fraction of sp³-hybridized carbons (Fsp3) is 0.833. The molecule has 0 aromatic heterocycles. The Morgan fingerprint density at radius 1 is 1.25 bits per heavy atom. The first-order valence-electron chi connectivity index (χ1n) is 6.13. The smallest absolute Gasteiger partial charge is 0.303 e. The number of rotatable bonds is 7. The van der Waals surface area contributed by atoms with Crippen LogP contribution in [0.2, 0.25) is 0 Å². The molecule has 0 bridgehead atoms.